The van der Waals surface area contributed by atoms with Crippen LogP contribution in [0.3, 0.4) is 0 Å². The molecule has 0 atom stereocenters. The topological polar surface area (TPSA) is 78.9 Å². The third kappa shape index (κ3) is 3.21. The maximum absolute atomic E-state index is 13.0. The number of benzene rings is 2. The van der Waals surface area contributed by atoms with Gasteiger partial charge < -0.3 is 14.9 Å². The van der Waals surface area contributed by atoms with Crippen LogP contribution < -0.4 is 10.6 Å². The van der Waals surface area contributed by atoms with Crippen molar-refractivity contribution in [3.8, 4) is 0 Å². The van der Waals surface area contributed by atoms with Gasteiger partial charge in [0, 0.05) is 50.8 Å². The number of halogens is 1. The van der Waals surface area contributed by atoms with Gasteiger partial charge in [0.25, 0.3) is 11.8 Å². The van der Waals surface area contributed by atoms with E-state index in [0.717, 1.165) is 56.9 Å². The molecule has 0 bridgehead atoms. The van der Waals surface area contributed by atoms with E-state index in [9.17, 15) is 9.59 Å². The van der Waals surface area contributed by atoms with E-state index in [1.807, 2.05) is 55.7 Å². The average molecular weight is 477 g/mol. The molecule has 0 saturated carbocycles. The summed E-state index contributed by atoms with van der Waals surface area (Å²) >= 11 is 3.67. The molecule has 0 radical (unpaired) electrons. The van der Waals surface area contributed by atoms with Gasteiger partial charge in [0.1, 0.15) is 0 Å². The minimum Gasteiger partial charge on any atom is -0.361 e. The number of carbonyl (C=O) groups excluding carboxylic acids is 2. The summed E-state index contributed by atoms with van der Waals surface area (Å²) in [5.41, 5.74) is 4.28. The fourth-order valence-corrected chi connectivity index (χ4v) is 4.96. The molecular weight excluding hydrogens is 456 g/mol. The molecule has 1 aliphatic rings. The van der Waals surface area contributed by atoms with Crippen LogP contribution in [-0.2, 0) is 16.1 Å². The van der Waals surface area contributed by atoms with Gasteiger partial charge in [-0.15, -0.1) is 0 Å². The molecule has 5 rings (SSSR count). The van der Waals surface area contributed by atoms with Crippen molar-refractivity contribution in [3.05, 3.63) is 70.5 Å². The van der Waals surface area contributed by atoms with Gasteiger partial charge in [0.15, 0.2) is 0 Å². The monoisotopic (exact) mass is 476 g/mol. The predicted molar refractivity (Wildman–Crippen MR) is 126 cm³/mol. The molecule has 3 heterocycles. The van der Waals surface area contributed by atoms with Crippen LogP contribution in [0.4, 0.5) is 0 Å². The minimum atomic E-state index is -0.365. The molecule has 0 aliphatic carbocycles. The molecule has 2 aromatic heterocycles. The largest absolute Gasteiger partial charge is 0.361 e. The molecule has 0 saturated heterocycles. The number of carbonyl (C=O) groups is 2. The van der Waals surface area contributed by atoms with Crippen molar-refractivity contribution >= 4 is 60.7 Å². The number of hydrogen-bond acceptors (Lipinski definition) is 3. The number of imide groups is 1. The molecule has 3 N–H and O–H groups in total. The van der Waals surface area contributed by atoms with E-state index in [1.54, 1.807) is 6.20 Å². The predicted octanol–water partition coefficient (Wildman–Crippen LogP) is 4.06. The van der Waals surface area contributed by atoms with Crippen molar-refractivity contribution in [2.24, 2.45) is 0 Å². The van der Waals surface area contributed by atoms with Crippen LogP contribution in [0.2, 0.25) is 0 Å². The number of fused-ring (bicyclic) bond motifs is 2. The maximum Gasteiger partial charge on any atom is 0.259 e. The first-order valence-electron chi connectivity index (χ1n) is 10.2. The lowest BCUT2D eigenvalue weighted by Crippen LogP contribution is -2.22. The number of aryl methyl sites for hydroxylation is 1. The third-order valence-electron chi connectivity index (χ3n) is 5.73. The number of H-pyrrole nitrogens is 1. The van der Waals surface area contributed by atoms with Gasteiger partial charge in [-0.1, -0.05) is 30.3 Å². The number of aromatic nitrogens is 2. The summed E-state index contributed by atoms with van der Waals surface area (Å²) in [4.78, 5) is 29.1. The quantitative estimate of drug-likeness (QED) is 0.290. The lowest BCUT2D eigenvalue weighted by Gasteiger charge is -2.06. The Kier molecular flexibility index (Phi) is 5.00. The van der Waals surface area contributed by atoms with Crippen LogP contribution in [0.1, 0.15) is 17.5 Å². The molecule has 7 heteroatoms. The van der Waals surface area contributed by atoms with E-state index in [-0.39, 0.29) is 11.8 Å². The van der Waals surface area contributed by atoms with E-state index >= 15 is 0 Å². The van der Waals surface area contributed by atoms with Gasteiger partial charge in [0.2, 0.25) is 0 Å². The van der Waals surface area contributed by atoms with E-state index in [2.05, 4.69) is 36.1 Å². The normalized spacial score (nSPS) is 14.3. The highest BCUT2D eigenvalue weighted by molar-refractivity contribution is 9.10. The van der Waals surface area contributed by atoms with Gasteiger partial charge in [0.05, 0.1) is 16.7 Å². The van der Waals surface area contributed by atoms with E-state index in [4.69, 9.17) is 0 Å². The van der Waals surface area contributed by atoms with Crippen LogP contribution in [-0.4, -0.2) is 35.0 Å². The molecule has 31 heavy (non-hydrogen) atoms. The number of nitrogens with zero attached hydrogens (tertiary/aromatic N) is 1. The summed E-state index contributed by atoms with van der Waals surface area (Å²) in [5, 5.41) is 7.54. The van der Waals surface area contributed by atoms with Gasteiger partial charge in [-0.2, -0.15) is 0 Å². The Hall–Kier alpha value is -3.16. The zero-order valence-corrected chi connectivity index (χ0v) is 18.5. The number of rotatable bonds is 6. The molecule has 0 spiro atoms. The summed E-state index contributed by atoms with van der Waals surface area (Å²) in [6, 6.07) is 13.7. The number of para-hydroxylation sites is 2. The number of aromatic amines is 1. The Balaban J connectivity index is 1.76. The SMILES string of the molecule is CNCCCn1cc(C2=C(c3c[nH]c4ccccc34)C(=O)NC2=O)c2cccc(Br)c21. The second-order valence-electron chi connectivity index (χ2n) is 7.61. The molecule has 0 unspecified atom stereocenters. The van der Waals surface area contributed by atoms with Crippen LogP contribution >= 0.6 is 15.9 Å². The maximum atomic E-state index is 13.0. The second kappa shape index (κ2) is 7.83. The van der Waals surface area contributed by atoms with Crippen molar-refractivity contribution in [3.63, 3.8) is 0 Å². The molecule has 1 aliphatic heterocycles. The van der Waals surface area contributed by atoms with Crippen molar-refractivity contribution in [2.75, 3.05) is 13.6 Å². The van der Waals surface area contributed by atoms with E-state index in [1.165, 1.54) is 0 Å². The summed E-state index contributed by atoms with van der Waals surface area (Å²) in [7, 11) is 1.93. The first-order valence-corrected chi connectivity index (χ1v) is 11.0. The van der Waals surface area contributed by atoms with Gasteiger partial charge in [-0.3, -0.25) is 14.9 Å². The third-order valence-corrected chi connectivity index (χ3v) is 6.37. The molecule has 2 amide bonds. The van der Waals surface area contributed by atoms with Gasteiger partial charge in [-0.05, 0) is 48.1 Å². The highest BCUT2D eigenvalue weighted by atomic mass is 79.9. The first kappa shape index (κ1) is 19.8. The summed E-state index contributed by atoms with van der Waals surface area (Å²) in [6.45, 7) is 1.69. The molecule has 0 fully saturated rings. The second-order valence-corrected chi connectivity index (χ2v) is 8.46. The van der Waals surface area contributed by atoms with Gasteiger partial charge in [-0.25, -0.2) is 0 Å². The smallest absolute Gasteiger partial charge is 0.259 e. The Labute approximate surface area is 187 Å². The first-order chi connectivity index (χ1) is 15.1. The molecule has 6 nitrogen and oxygen atoms in total. The molecule has 2 aromatic carbocycles. The van der Waals surface area contributed by atoms with E-state index < -0.39 is 0 Å². The van der Waals surface area contributed by atoms with Crippen molar-refractivity contribution < 1.29 is 9.59 Å². The zero-order valence-electron chi connectivity index (χ0n) is 17.0. The summed E-state index contributed by atoms with van der Waals surface area (Å²) in [6.07, 6.45) is 4.74. The van der Waals surface area contributed by atoms with Crippen LogP contribution in [0, 0.1) is 0 Å². The molecule has 156 valence electrons. The Morgan fingerprint density at radius 2 is 1.71 bits per heavy atom. The lowest BCUT2D eigenvalue weighted by molar-refractivity contribution is -0.122. The summed E-state index contributed by atoms with van der Waals surface area (Å²) in [5.74, 6) is -0.727. The van der Waals surface area contributed by atoms with Crippen LogP contribution in [0.15, 0.2) is 59.3 Å². The summed E-state index contributed by atoms with van der Waals surface area (Å²) < 4.78 is 3.11. The van der Waals surface area contributed by atoms with Crippen LogP contribution in [0.25, 0.3) is 33.0 Å². The van der Waals surface area contributed by atoms with Crippen LogP contribution in [0.5, 0.6) is 0 Å². The standard InChI is InChI=1S/C24H21BrN4O2/c1-26-10-5-11-29-13-17(15-7-4-8-18(25)22(15)29)21-20(23(30)28-24(21)31)16-12-27-19-9-3-2-6-14(16)19/h2-4,6-9,12-13,26-27H,5,10-11H2,1H3,(H,28,30,31). The van der Waals surface area contributed by atoms with Gasteiger partial charge >= 0.3 is 0 Å². The Morgan fingerprint density at radius 3 is 2.52 bits per heavy atom. The number of amides is 2. The highest BCUT2D eigenvalue weighted by Gasteiger charge is 2.35. The lowest BCUT2D eigenvalue weighted by atomic mass is 9.95. The molecule has 4 aromatic rings. The Morgan fingerprint density at radius 1 is 0.968 bits per heavy atom. The average Bonchev–Trinajstić information content (AvgIpc) is 3.42. The highest BCUT2D eigenvalue weighted by Crippen LogP contribution is 2.39. The molecular formula is C24H21BrN4O2. The number of hydrogen-bond donors (Lipinski definition) is 3. The zero-order chi connectivity index (χ0) is 21.5. The van der Waals surface area contributed by atoms with Crippen molar-refractivity contribution in [2.45, 2.75) is 13.0 Å². The fourth-order valence-electron chi connectivity index (χ4n) is 4.36. The minimum absolute atomic E-state index is 0.362. The fraction of sp³-hybridized carbons (Fsp3) is 0.167. The number of nitrogens with one attached hydrogen (secondary N) is 3. The Bertz CT molecular complexity index is 1380. The van der Waals surface area contributed by atoms with E-state index in [0.29, 0.717) is 11.1 Å². The van der Waals surface area contributed by atoms with Crippen molar-refractivity contribution in [1.29, 1.82) is 0 Å². The van der Waals surface area contributed by atoms with Crippen molar-refractivity contribution in [1.82, 2.24) is 20.2 Å².